The number of aromatic nitrogens is 3. The van der Waals surface area contributed by atoms with Crippen LogP contribution in [0.1, 0.15) is 0 Å². The SMILES string of the molecule is c1ccc(-c2nc(-c3ccc(-c4cccc5oc6ccc(-c7ccc8c9ccccc9c9ccccc9c8c7)cc6c45)cc3)nc(-c3ccc4sc5ccccc5c4c3)n2)cc1. The lowest BCUT2D eigenvalue weighted by Gasteiger charge is -2.12. The van der Waals surface area contributed by atoms with Crippen molar-refractivity contribution < 1.29 is 4.42 Å². The fourth-order valence-corrected chi connectivity index (χ4v) is 10.4. The summed E-state index contributed by atoms with van der Waals surface area (Å²) < 4.78 is 9.02. The van der Waals surface area contributed by atoms with Gasteiger partial charge in [-0.3, -0.25) is 0 Å². The molecule has 0 aliphatic carbocycles. The zero-order valence-corrected chi connectivity index (χ0v) is 34.0. The Morgan fingerprint density at radius 2 is 0.790 bits per heavy atom. The minimum atomic E-state index is 0.628. The molecule has 62 heavy (non-hydrogen) atoms. The molecule has 0 saturated heterocycles. The standard InChI is InChI=1S/C57H33N3OS/c1-2-11-35(12-3-1)55-58-56(60-57(59-55)39-27-30-53-48(33-39)46-17-8-9-20-52(46)62-53)36-23-21-34(22-24-36)40-18-10-19-51-54(40)49-32-38(26-29-50(49)61-51)37-25-28-45-43-15-5-4-13-41(43)42-14-6-7-16-44(42)47(45)31-37/h1-33H. The molecule has 0 amide bonds. The van der Waals surface area contributed by atoms with Gasteiger partial charge in [-0.15, -0.1) is 11.3 Å². The molecule has 13 aromatic rings. The molecule has 288 valence electrons. The highest BCUT2D eigenvalue weighted by molar-refractivity contribution is 7.25. The van der Waals surface area contributed by atoms with Gasteiger partial charge in [0.05, 0.1) is 0 Å². The van der Waals surface area contributed by atoms with Gasteiger partial charge in [-0.05, 0) is 103 Å². The van der Waals surface area contributed by atoms with Gasteiger partial charge in [0.2, 0.25) is 0 Å². The van der Waals surface area contributed by atoms with E-state index in [0.717, 1.165) is 55.3 Å². The zero-order valence-electron chi connectivity index (χ0n) is 33.2. The molecule has 0 fully saturated rings. The molecule has 4 nitrogen and oxygen atoms in total. The van der Waals surface area contributed by atoms with Crippen molar-refractivity contribution >= 4 is 85.8 Å². The van der Waals surface area contributed by atoms with Crippen LogP contribution >= 0.6 is 11.3 Å². The summed E-state index contributed by atoms with van der Waals surface area (Å²) >= 11 is 1.81. The van der Waals surface area contributed by atoms with E-state index in [-0.39, 0.29) is 0 Å². The summed E-state index contributed by atoms with van der Waals surface area (Å²) in [6, 6.07) is 71.1. The number of fused-ring (bicyclic) bond motifs is 12. The number of rotatable bonds is 5. The number of benzene rings is 10. The Morgan fingerprint density at radius 1 is 0.290 bits per heavy atom. The number of thiophene rings is 1. The fraction of sp³-hybridized carbons (Fsp3) is 0. The highest BCUT2D eigenvalue weighted by Gasteiger charge is 2.18. The molecule has 0 aliphatic rings. The summed E-state index contributed by atoms with van der Waals surface area (Å²) in [4.78, 5) is 15.2. The normalized spacial score (nSPS) is 11.9. The summed E-state index contributed by atoms with van der Waals surface area (Å²) in [6.07, 6.45) is 0. The minimum Gasteiger partial charge on any atom is -0.456 e. The molecule has 13 rings (SSSR count). The summed E-state index contributed by atoms with van der Waals surface area (Å²) in [7, 11) is 0. The third kappa shape index (κ3) is 5.56. The lowest BCUT2D eigenvalue weighted by molar-refractivity contribution is 0.669. The van der Waals surface area contributed by atoms with Gasteiger partial charge in [-0.2, -0.15) is 0 Å². The van der Waals surface area contributed by atoms with Crippen LogP contribution in [0.2, 0.25) is 0 Å². The van der Waals surface area contributed by atoms with Crippen LogP contribution in [0.5, 0.6) is 0 Å². The van der Waals surface area contributed by atoms with E-state index >= 15 is 0 Å². The summed E-state index contributed by atoms with van der Waals surface area (Å²) in [5.41, 5.74) is 9.06. The predicted octanol–water partition coefficient (Wildman–Crippen LogP) is 15.9. The molecular formula is C57H33N3OS. The first-order chi connectivity index (χ1) is 30.7. The van der Waals surface area contributed by atoms with Crippen LogP contribution in [0.25, 0.3) is 131 Å². The largest absolute Gasteiger partial charge is 0.456 e. The number of furan rings is 1. The Balaban J connectivity index is 0.910. The van der Waals surface area contributed by atoms with Crippen LogP contribution in [0.4, 0.5) is 0 Å². The fourth-order valence-electron chi connectivity index (χ4n) is 9.35. The van der Waals surface area contributed by atoms with E-state index < -0.39 is 0 Å². The van der Waals surface area contributed by atoms with Crippen LogP contribution in [0.15, 0.2) is 205 Å². The zero-order chi connectivity index (χ0) is 40.7. The number of nitrogens with zero attached hydrogens (tertiary/aromatic N) is 3. The van der Waals surface area contributed by atoms with Crippen molar-refractivity contribution in [1.82, 2.24) is 15.0 Å². The van der Waals surface area contributed by atoms with Gasteiger partial charge in [-0.1, -0.05) is 152 Å². The second-order valence-corrected chi connectivity index (χ2v) is 17.0. The molecule has 0 N–H and O–H groups in total. The van der Waals surface area contributed by atoms with Crippen LogP contribution in [-0.4, -0.2) is 15.0 Å². The Morgan fingerprint density at radius 3 is 1.52 bits per heavy atom. The Bertz CT molecular complexity index is 3890. The molecule has 0 unspecified atom stereocenters. The van der Waals surface area contributed by atoms with Gasteiger partial charge < -0.3 is 4.42 Å². The maximum absolute atomic E-state index is 6.50. The molecule has 5 heteroatoms. The molecule has 0 saturated carbocycles. The first-order valence-corrected chi connectivity index (χ1v) is 21.6. The molecule has 0 bridgehead atoms. The first kappa shape index (κ1) is 34.8. The van der Waals surface area contributed by atoms with Gasteiger partial charge in [-0.25, -0.2) is 15.0 Å². The van der Waals surface area contributed by atoms with E-state index in [1.807, 2.05) is 41.7 Å². The lowest BCUT2D eigenvalue weighted by atomic mass is 9.91. The molecule has 3 aromatic heterocycles. The summed E-state index contributed by atoms with van der Waals surface area (Å²) in [6.45, 7) is 0. The topological polar surface area (TPSA) is 51.8 Å². The third-order valence-corrected chi connectivity index (χ3v) is 13.5. The molecular weight excluding hydrogens is 775 g/mol. The van der Waals surface area contributed by atoms with Gasteiger partial charge in [0.15, 0.2) is 17.5 Å². The van der Waals surface area contributed by atoms with Crippen molar-refractivity contribution in [3.8, 4) is 56.4 Å². The smallest absolute Gasteiger partial charge is 0.164 e. The Kier molecular flexibility index (Phi) is 7.74. The molecule has 0 spiro atoms. The average molecular weight is 808 g/mol. The Labute approximate surface area is 360 Å². The van der Waals surface area contributed by atoms with Crippen LogP contribution < -0.4 is 0 Å². The van der Waals surface area contributed by atoms with E-state index in [2.05, 4.69) is 170 Å². The van der Waals surface area contributed by atoms with E-state index in [9.17, 15) is 0 Å². The van der Waals surface area contributed by atoms with E-state index in [4.69, 9.17) is 19.4 Å². The molecule has 0 radical (unpaired) electrons. The number of hydrogen-bond donors (Lipinski definition) is 0. The first-order valence-electron chi connectivity index (χ1n) is 20.8. The second-order valence-electron chi connectivity index (χ2n) is 15.9. The average Bonchev–Trinajstić information content (AvgIpc) is 3.92. The number of hydrogen-bond acceptors (Lipinski definition) is 5. The lowest BCUT2D eigenvalue weighted by Crippen LogP contribution is -2.00. The molecule has 3 heterocycles. The predicted molar refractivity (Wildman–Crippen MR) is 260 cm³/mol. The van der Waals surface area contributed by atoms with Crippen molar-refractivity contribution in [3.63, 3.8) is 0 Å². The molecule has 0 atom stereocenters. The summed E-state index contributed by atoms with van der Waals surface area (Å²) in [5, 5.41) is 12.3. The van der Waals surface area contributed by atoms with E-state index in [1.165, 1.54) is 58.1 Å². The monoisotopic (exact) mass is 807 g/mol. The van der Waals surface area contributed by atoms with Crippen LogP contribution in [-0.2, 0) is 0 Å². The maximum Gasteiger partial charge on any atom is 0.164 e. The van der Waals surface area contributed by atoms with Gasteiger partial charge >= 0.3 is 0 Å². The highest BCUT2D eigenvalue weighted by Crippen LogP contribution is 2.42. The molecule has 10 aromatic carbocycles. The van der Waals surface area contributed by atoms with Crippen molar-refractivity contribution in [2.24, 2.45) is 0 Å². The van der Waals surface area contributed by atoms with Crippen molar-refractivity contribution in [2.75, 3.05) is 0 Å². The van der Waals surface area contributed by atoms with Crippen molar-refractivity contribution in [3.05, 3.63) is 200 Å². The minimum absolute atomic E-state index is 0.628. The van der Waals surface area contributed by atoms with Gasteiger partial charge in [0.25, 0.3) is 0 Å². The van der Waals surface area contributed by atoms with Crippen molar-refractivity contribution in [2.45, 2.75) is 0 Å². The third-order valence-electron chi connectivity index (χ3n) is 12.3. The van der Waals surface area contributed by atoms with E-state index in [0.29, 0.717) is 17.5 Å². The summed E-state index contributed by atoms with van der Waals surface area (Å²) in [5.74, 6) is 1.92. The second kappa shape index (κ2) is 13.8. The van der Waals surface area contributed by atoms with Crippen LogP contribution in [0.3, 0.4) is 0 Å². The van der Waals surface area contributed by atoms with Crippen molar-refractivity contribution in [1.29, 1.82) is 0 Å². The molecule has 0 aliphatic heterocycles. The van der Waals surface area contributed by atoms with Gasteiger partial charge in [0, 0.05) is 47.6 Å². The van der Waals surface area contributed by atoms with E-state index in [1.54, 1.807) is 0 Å². The van der Waals surface area contributed by atoms with Gasteiger partial charge in [0.1, 0.15) is 11.2 Å². The van der Waals surface area contributed by atoms with Crippen LogP contribution in [0, 0.1) is 0 Å². The maximum atomic E-state index is 6.50. The highest BCUT2D eigenvalue weighted by atomic mass is 32.1. The quantitative estimate of drug-likeness (QED) is 0.163. The Hall–Kier alpha value is -7.99.